The highest BCUT2D eigenvalue weighted by Crippen LogP contribution is 2.25. The van der Waals surface area contributed by atoms with Crippen LogP contribution in [0.4, 0.5) is 5.69 Å². The number of hydrogen-bond donors (Lipinski definition) is 1. The molecule has 27 heavy (non-hydrogen) atoms. The van der Waals surface area contributed by atoms with E-state index < -0.39 is 0 Å². The highest BCUT2D eigenvalue weighted by molar-refractivity contribution is 5.86. The van der Waals surface area contributed by atoms with Crippen LogP contribution in [0.25, 0.3) is 10.8 Å². The van der Waals surface area contributed by atoms with Gasteiger partial charge in [-0.2, -0.15) is 0 Å². The fourth-order valence-corrected chi connectivity index (χ4v) is 3.95. The normalized spacial score (nSPS) is 18.6. The van der Waals surface area contributed by atoms with Crippen LogP contribution < -0.4 is 10.2 Å². The molecule has 0 saturated carbocycles. The average Bonchev–Trinajstić information content (AvgIpc) is 2.72. The van der Waals surface area contributed by atoms with E-state index in [0.717, 1.165) is 26.3 Å². The van der Waals surface area contributed by atoms with Crippen molar-refractivity contribution in [2.24, 2.45) is 0 Å². The molecule has 1 aliphatic heterocycles. The van der Waals surface area contributed by atoms with E-state index in [0.29, 0.717) is 6.04 Å². The first-order valence-electron chi connectivity index (χ1n) is 9.84. The van der Waals surface area contributed by atoms with Gasteiger partial charge in [-0.3, -0.25) is 0 Å². The van der Waals surface area contributed by atoms with Crippen molar-refractivity contribution in [1.82, 2.24) is 5.32 Å². The standard InChI is InChI=1S/C24H28N2O/c1-18-10-12-21(13-11-18)26-14-15-27-17-22(26)16-25-19(2)23-9-5-7-20-6-3-4-8-24(20)23/h3-13,19,22,25H,14-17H2,1-2H3/t19-,22?/m1/s1. The summed E-state index contributed by atoms with van der Waals surface area (Å²) in [6, 6.07) is 24.6. The number of rotatable bonds is 5. The summed E-state index contributed by atoms with van der Waals surface area (Å²) in [7, 11) is 0. The van der Waals surface area contributed by atoms with Crippen LogP contribution in [0.15, 0.2) is 66.7 Å². The lowest BCUT2D eigenvalue weighted by atomic mass is 9.99. The second-order valence-corrected chi connectivity index (χ2v) is 7.46. The zero-order chi connectivity index (χ0) is 18.6. The van der Waals surface area contributed by atoms with Crippen LogP contribution in [-0.4, -0.2) is 32.3 Å². The quantitative estimate of drug-likeness (QED) is 0.713. The summed E-state index contributed by atoms with van der Waals surface area (Å²) in [5.41, 5.74) is 3.94. The van der Waals surface area contributed by atoms with Crippen LogP contribution in [0.3, 0.4) is 0 Å². The van der Waals surface area contributed by atoms with E-state index in [1.54, 1.807) is 0 Å². The topological polar surface area (TPSA) is 24.5 Å². The molecule has 1 aliphatic rings. The molecule has 1 heterocycles. The van der Waals surface area contributed by atoms with Crippen molar-refractivity contribution in [3.05, 3.63) is 77.9 Å². The van der Waals surface area contributed by atoms with Crippen molar-refractivity contribution >= 4 is 16.5 Å². The Kier molecular flexibility index (Phi) is 5.42. The number of ether oxygens (including phenoxy) is 1. The first-order chi connectivity index (χ1) is 13.2. The SMILES string of the molecule is Cc1ccc(N2CCOCC2CN[C@H](C)c2cccc3ccccc23)cc1. The van der Waals surface area contributed by atoms with E-state index >= 15 is 0 Å². The van der Waals surface area contributed by atoms with Gasteiger partial charge in [0.05, 0.1) is 19.3 Å². The van der Waals surface area contributed by atoms with Crippen molar-refractivity contribution in [1.29, 1.82) is 0 Å². The average molecular weight is 361 g/mol. The van der Waals surface area contributed by atoms with Crippen LogP contribution in [0.5, 0.6) is 0 Å². The molecular weight excluding hydrogens is 332 g/mol. The van der Waals surface area contributed by atoms with Gasteiger partial charge < -0.3 is 15.0 Å². The molecule has 0 aromatic heterocycles. The van der Waals surface area contributed by atoms with E-state index in [9.17, 15) is 0 Å². The van der Waals surface area contributed by atoms with Gasteiger partial charge >= 0.3 is 0 Å². The van der Waals surface area contributed by atoms with Crippen molar-refractivity contribution in [3.8, 4) is 0 Å². The molecule has 1 unspecified atom stereocenters. The van der Waals surface area contributed by atoms with Gasteiger partial charge in [-0.15, -0.1) is 0 Å². The molecule has 1 fully saturated rings. The number of benzene rings is 3. The number of nitrogens with zero attached hydrogens (tertiary/aromatic N) is 1. The summed E-state index contributed by atoms with van der Waals surface area (Å²) in [5, 5.41) is 6.38. The Balaban J connectivity index is 1.48. The van der Waals surface area contributed by atoms with E-state index in [1.165, 1.54) is 27.6 Å². The number of fused-ring (bicyclic) bond motifs is 1. The molecule has 0 amide bonds. The second kappa shape index (κ2) is 8.12. The summed E-state index contributed by atoms with van der Waals surface area (Å²) < 4.78 is 5.78. The molecule has 3 aromatic carbocycles. The monoisotopic (exact) mass is 360 g/mol. The Bertz CT molecular complexity index is 885. The van der Waals surface area contributed by atoms with Crippen LogP contribution in [-0.2, 0) is 4.74 Å². The molecule has 3 aromatic rings. The molecule has 0 bridgehead atoms. The highest BCUT2D eigenvalue weighted by atomic mass is 16.5. The highest BCUT2D eigenvalue weighted by Gasteiger charge is 2.24. The van der Waals surface area contributed by atoms with Gasteiger partial charge in [-0.1, -0.05) is 60.2 Å². The largest absolute Gasteiger partial charge is 0.377 e. The molecule has 0 radical (unpaired) electrons. The fourth-order valence-electron chi connectivity index (χ4n) is 3.95. The predicted octanol–water partition coefficient (Wildman–Crippen LogP) is 4.70. The number of nitrogens with one attached hydrogen (secondary N) is 1. The number of hydrogen-bond acceptors (Lipinski definition) is 3. The Labute approximate surface area is 162 Å². The second-order valence-electron chi connectivity index (χ2n) is 7.46. The van der Waals surface area contributed by atoms with Crippen molar-refractivity contribution < 1.29 is 4.74 Å². The third-order valence-electron chi connectivity index (χ3n) is 5.54. The summed E-state index contributed by atoms with van der Waals surface area (Å²) >= 11 is 0. The predicted molar refractivity (Wildman–Crippen MR) is 113 cm³/mol. The van der Waals surface area contributed by atoms with Crippen molar-refractivity contribution in [3.63, 3.8) is 0 Å². The third-order valence-corrected chi connectivity index (χ3v) is 5.54. The summed E-state index contributed by atoms with van der Waals surface area (Å²) in [6.45, 7) is 7.79. The Morgan fingerprint density at radius 1 is 1.04 bits per heavy atom. The Morgan fingerprint density at radius 3 is 2.67 bits per heavy atom. The lowest BCUT2D eigenvalue weighted by Crippen LogP contribution is -2.50. The molecule has 1 saturated heterocycles. The van der Waals surface area contributed by atoms with E-state index in [1.807, 2.05) is 0 Å². The Morgan fingerprint density at radius 2 is 1.81 bits per heavy atom. The fraction of sp³-hybridized carbons (Fsp3) is 0.333. The zero-order valence-electron chi connectivity index (χ0n) is 16.2. The summed E-state index contributed by atoms with van der Waals surface area (Å²) in [6.07, 6.45) is 0. The molecule has 140 valence electrons. The van der Waals surface area contributed by atoms with Crippen molar-refractivity contribution in [2.75, 3.05) is 31.2 Å². The van der Waals surface area contributed by atoms with Crippen LogP contribution in [0.2, 0.25) is 0 Å². The number of aryl methyl sites for hydroxylation is 1. The van der Waals surface area contributed by atoms with Gasteiger partial charge in [0.1, 0.15) is 0 Å². The maximum Gasteiger partial charge on any atom is 0.0683 e. The third kappa shape index (κ3) is 4.00. The van der Waals surface area contributed by atoms with Gasteiger partial charge in [0, 0.05) is 24.8 Å². The molecule has 4 rings (SSSR count). The lowest BCUT2D eigenvalue weighted by Gasteiger charge is -2.38. The maximum absolute atomic E-state index is 5.78. The van der Waals surface area contributed by atoms with Crippen LogP contribution >= 0.6 is 0 Å². The minimum Gasteiger partial charge on any atom is -0.377 e. The van der Waals surface area contributed by atoms with Crippen LogP contribution in [0.1, 0.15) is 24.1 Å². The van der Waals surface area contributed by atoms with Gasteiger partial charge in [0.25, 0.3) is 0 Å². The maximum atomic E-state index is 5.78. The molecule has 0 aliphatic carbocycles. The minimum atomic E-state index is 0.290. The van der Waals surface area contributed by atoms with Crippen LogP contribution in [0, 0.1) is 6.92 Å². The lowest BCUT2D eigenvalue weighted by molar-refractivity contribution is 0.0930. The molecule has 0 spiro atoms. The van der Waals surface area contributed by atoms with Gasteiger partial charge in [-0.05, 0) is 42.3 Å². The Hall–Kier alpha value is -2.36. The number of morpholine rings is 1. The van der Waals surface area contributed by atoms with E-state index in [-0.39, 0.29) is 6.04 Å². The van der Waals surface area contributed by atoms with Crippen molar-refractivity contribution in [2.45, 2.75) is 25.9 Å². The number of anilines is 1. The smallest absolute Gasteiger partial charge is 0.0683 e. The summed E-state index contributed by atoms with van der Waals surface area (Å²) in [5.74, 6) is 0. The van der Waals surface area contributed by atoms with E-state index in [2.05, 4.69) is 90.8 Å². The van der Waals surface area contributed by atoms with Gasteiger partial charge in [0.15, 0.2) is 0 Å². The minimum absolute atomic E-state index is 0.290. The van der Waals surface area contributed by atoms with Gasteiger partial charge in [0.2, 0.25) is 0 Å². The first kappa shape index (κ1) is 18.0. The zero-order valence-corrected chi connectivity index (χ0v) is 16.2. The van der Waals surface area contributed by atoms with E-state index in [4.69, 9.17) is 4.74 Å². The molecular formula is C24H28N2O. The molecule has 3 nitrogen and oxygen atoms in total. The van der Waals surface area contributed by atoms with Gasteiger partial charge in [-0.25, -0.2) is 0 Å². The first-order valence-corrected chi connectivity index (χ1v) is 9.84. The molecule has 3 heteroatoms. The molecule has 1 N–H and O–H groups in total. The summed E-state index contributed by atoms with van der Waals surface area (Å²) in [4.78, 5) is 2.48. The molecule has 2 atom stereocenters.